The van der Waals surface area contributed by atoms with Crippen molar-refractivity contribution in [3.63, 3.8) is 0 Å². The van der Waals surface area contributed by atoms with Crippen LogP contribution in [0, 0.1) is 11.6 Å². The summed E-state index contributed by atoms with van der Waals surface area (Å²) in [5.41, 5.74) is 13.6. The Morgan fingerprint density at radius 1 is 1.31 bits per heavy atom. The number of carbonyl (C=O) groups is 1. The highest BCUT2D eigenvalue weighted by Gasteiger charge is 2.25. The number of rotatable bonds is 7. The fourth-order valence-electron chi connectivity index (χ4n) is 3.54. The van der Waals surface area contributed by atoms with E-state index in [1.54, 1.807) is 0 Å². The highest BCUT2D eigenvalue weighted by molar-refractivity contribution is 5.92. The lowest BCUT2D eigenvalue weighted by Gasteiger charge is -2.25. The van der Waals surface area contributed by atoms with E-state index in [1.165, 1.54) is 24.5 Å². The molecule has 2 atom stereocenters. The number of nitrogens with two attached hydrogens (primary N) is 2. The maximum absolute atomic E-state index is 14.1. The number of nitrogens with zero attached hydrogens (tertiary/aromatic N) is 2. The van der Waals surface area contributed by atoms with Gasteiger partial charge in [-0.25, -0.2) is 13.8 Å². The fraction of sp³-hybridized carbons (Fsp3) is 0.318. The van der Waals surface area contributed by atoms with Crippen molar-refractivity contribution in [2.24, 2.45) is 11.5 Å². The van der Waals surface area contributed by atoms with E-state index in [0.717, 1.165) is 18.6 Å². The van der Waals surface area contributed by atoms with Crippen LogP contribution in [0.3, 0.4) is 0 Å². The number of aliphatic hydroxyl groups excluding tert-OH is 2. The molecule has 1 aromatic carbocycles. The zero-order valence-electron chi connectivity index (χ0n) is 17.3. The molecule has 0 fully saturated rings. The minimum Gasteiger partial charge on any atom is -0.401 e. The third-order valence-electron chi connectivity index (χ3n) is 5.22. The molecule has 1 heterocycles. The monoisotopic (exact) mass is 445 g/mol. The average Bonchev–Trinajstić information content (AvgIpc) is 2.78. The summed E-state index contributed by atoms with van der Waals surface area (Å²) in [5, 5.41) is 20.7. The van der Waals surface area contributed by atoms with Crippen LogP contribution >= 0.6 is 0 Å². The summed E-state index contributed by atoms with van der Waals surface area (Å²) in [4.78, 5) is 20.7. The van der Waals surface area contributed by atoms with Gasteiger partial charge in [-0.2, -0.15) is 0 Å². The molecule has 3 rings (SSSR count). The molecule has 1 aliphatic rings. The van der Waals surface area contributed by atoms with Crippen LogP contribution < -0.4 is 16.8 Å². The molecule has 0 aliphatic heterocycles. The maximum atomic E-state index is 14.1. The predicted molar refractivity (Wildman–Crippen MR) is 114 cm³/mol. The van der Waals surface area contributed by atoms with Crippen LogP contribution in [0.15, 0.2) is 47.9 Å². The molecule has 1 amide bonds. The van der Waals surface area contributed by atoms with Gasteiger partial charge in [0.25, 0.3) is 5.91 Å². The van der Waals surface area contributed by atoms with Crippen molar-refractivity contribution in [3.8, 4) is 0 Å². The lowest BCUT2D eigenvalue weighted by atomic mass is 9.84. The van der Waals surface area contributed by atoms with E-state index in [0.29, 0.717) is 29.8 Å². The van der Waals surface area contributed by atoms with Gasteiger partial charge in [-0.1, -0.05) is 6.07 Å². The second-order valence-corrected chi connectivity index (χ2v) is 7.50. The van der Waals surface area contributed by atoms with Crippen molar-refractivity contribution in [2.45, 2.75) is 31.3 Å². The number of halogens is 2. The molecule has 2 aromatic rings. The molecule has 1 aromatic heterocycles. The summed E-state index contributed by atoms with van der Waals surface area (Å²) >= 11 is 0. The largest absolute Gasteiger partial charge is 0.401 e. The number of benzene rings is 1. The van der Waals surface area contributed by atoms with Gasteiger partial charge in [-0.15, -0.1) is 0 Å². The van der Waals surface area contributed by atoms with Gasteiger partial charge in [0, 0.05) is 30.1 Å². The van der Waals surface area contributed by atoms with E-state index in [-0.39, 0.29) is 29.4 Å². The van der Waals surface area contributed by atoms with Crippen LogP contribution in [-0.4, -0.2) is 45.3 Å². The third kappa shape index (κ3) is 5.27. The van der Waals surface area contributed by atoms with Crippen molar-refractivity contribution in [2.75, 3.05) is 13.2 Å². The van der Waals surface area contributed by atoms with Crippen LogP contribution in [-0.2, 0) is 0 Å². The van der Waals surface area contributed by atoms with Gasteiger partial charge in [0.1, 0.15) is 17.3 Å². The molecule has 10 heteroatoms. The number of aliphatic hydroxyl groups is 2. The summed E-state index contributed by atoms with van der Waals surface area (Å²) in [6, 6.07) is 3.52. The van der Waals surface area contributed by atoms with Crippen LogP contribution in [0.25, 0.3) is 5.70 Å². The smallest absolute Gasteiger partial charge is 0.271 e. The first-order chi connectivity index (χ1) is 15.3. The number of carbonyl (C=O) groups excluding carboxylic acids is 1. The van der Waals surface area contributed by atoms with Crippen LogP contribution in [0.2, 0.25) is 0 Å². The van der Waals surface area contributed by atoms with Crippen molar-refractivity contribution in [1.82, 2.24) is 15.3 Å². The van der Waals surface area contributed by atoms with E-state index >= 15 is 0 Å². The van der Waals surface area contributed by atoms with Crippen LogP contribution in [0.1, 0.15) is 46.9 Å². The second kappa shape index (κ2) is 10.3. The highest BCUT2D eigenvalue weighted by atomic mass is 19.1. The highest BCUT2D eigenvalue weighted by Crippen LogP contribution is 2.35. The molecule has 32 heavy (non-hydrogen) atoms. The standard InChI is InChI=1S/C22H25F2N5O3/c23-15-5-2-6-16(24)20(15)17(25)7-12-3-1-4-14(21(12)26)18-9-27-10-19(29-18)22(32)28-8-13(31)11-30/h2,5-7,9-10,13-14,30-31H,1,3-4,8,11,25-26H2,(H,28,32)/b17-7-/t13-,14?/m1/s1. The topological polar surface area (TPSA) is 147 Å². The van der Waals surface area contributed by atoms with Crippen molar-refractivity contribution in [1.29, 1.82) is 0 Å². The maximum Gasteiger partial charge on any atom is 0.271 e. The second-order valence-electron chi connectivity index (χ2n) is 7.50. The first-order valence-electron chi connectivity index (χ1n) is 10.1. The van der Waals surface area contributed by atoms with Gasteiger partial charge in [0.2, 0.25) is 0 Å². The number of amides is 1. The molecule has 8 nitrogen and oxygen atoms in total. The van der Waals surface area contributed by atoms with Gasteiger partial charge in [0.05, 0.1) is 30.2 Å². The fourth-order valence-corrected chi connectivity index (χ4v) is 3.54. The summed E-state index contributed by atoms with van der Waals surface area (Å²) in [5.74, 6) is -2.43. The molecular weight excluding hydrogens is 420 g/mol. The van der Waals surface area contributed by atoms with Gasteiger partial charge in [-0.05, 0) is 43.0 Å². The number of nitrogens with one attached hydrogen (secondary N) is 1. The van der Waals surface area contributed by atoms with Gasteiger partial charge < -0.3 is 27.0 Å². The van der Waals surface area contributed by atoms with Crippen molar-refractivity contribution >= 4 is 11.6 Å². The first-order valence-corrected chi connectivity index (χ1v) is 10.1. The minimum atomic E-state index is -1.08. The van der Waals surface area contributed by atoms with Gasteiger partial charge >= 0.3 is 0 Å². The summed E-state index contributed by atoms with van der Waals surface area (Å²) < 4.78 is 28.1. The Balaban J connectivity index is 1.86. The molecule has 0 saturated carbocycles. The SMILES string of the molecule is NC1=C(/C=C(\N)c2c(F)cccc2F)CCCC1c1cncc(C(=O)NC[C@@H](O)CO)n1. The van der Waals surface area contributed by atoms with E-state index in [1.807, 2.05) is 0 Å². The quantitative estimate of drug-likeness (QED) is 0.432. The summed E-state index contributed by atoms with van der Waals surface area (Å²) in [7, 11) is 0. The van der Waals surface area contributed by atoms with E-state index < -0.39 is 30.3 Å². The summed E-state index contributed by atoms with van der Waals surface area (Å²) in [6.45, 7) is -0.612. The molecule has 0 radical (unpaired) electrons. The molecule has 7 N–H and O–H groups in total. The minimum absolute atomic E-state index is 0.0380. The number of hydrogen-bond donors (Lipinski definition) is 5. The Morgan fingerprint density at radius 2 is 2.03 bits per heavy atom. The molecule has 0 bridgehead atoms. The Labute approximate surface area is 183 Å². The third-order valence-corrected chi connectivity index (χ3v) is 5.22. The van der Waals surface area contributed by atoms with Crippen molar-refractivity contribution < 1.29 is 23.8 Å². The lowest BCUT2D eigenvalue weighted by Crippen LogP contribution is -2.34. The molecule has 1 unspecified atom stereocenters. The predicted octanol–water partition coefficient (Wildman–Crippen LogP) is 1.32. The van der Waals surface area contributed by atoms with Crippen LogP contribution in [0.4, 0.5) is 8.78 Å². The first kappa shape index (κ1) is 23.3. The van der Waals surface area contributed by atoms with Crippen LogP contribution in [0.5, 0.6) is 0 Å². The Kier molecular flexibility index (Phi) is 7.49. The Hall–Kier alpha value is -3.37. The van der Waals surface area contributed by atoms with E-state index in [4.69, 9.17) is 16.6 Å². The summed E-state index contributed by atoms with van der Waals surface area (Å²) in [6.07, 6.45) is 5.14. The van der Waals surface area contributed by atoms with E-state index in [9.17, 15) is 18.7 Å². The zero-order valence-corrected chi connectivity index (χ0v) is 17.3. The molecule has 170 valence electrons. The molecule has 0 spiro atoms. The molecule has 0 saturated heterocycles. The lowest BCUT2D eigenvalue weighted by molar-refractivity contribution is 0.0798. The van der Waals surface area contributed by atoms with Gasteiger partial charge in [0.15, 0.2) is 0 Å². The Morgan fingerprint density at radius 3 is 2.72 bits per heavy atom. The molecule has 1 aliphatic carbocycles. The number of allylic oxidation sites excluding steroid dienone is 3. The van der Waals surface area contributed by atoms with E-state index in [2.05, 4.69) is 15.3 Å². The molecular formula is C22H25F2N5O3. The number of hydrogen-bond acceptors (Lipinski definition) is 7. The zero-order chi connectivity index (χ0) is 23.3. The number of aromatic nitrogens is 2. The average molecular weight is 445 g/mol. The van der Waals surface area contributed by atoms with Crippen molar-refractivity contribution in [3.05, 3.63) is 76.5 Å². The van der Waals surface area contributed by atoms with Gasteiger partial charge in [-0.3, -0.25) is 9.78 Å². The Bertz CT molecular complexity index is 1040. The normalized spacial score (nSPS) is 17.9.